The molecule has 178 valence electrons. The van der Waals surface area contributed by atoms with Gasteiger partial charge in [-0.2, -0.15) is 0 Å². The minimum absolute atomic E-state index is 0.223. The SMILES string of the molecule is CCCC(=O)[O][Ti]([O]C(=O)CCC)([CH]1C=Cc2ccccc21)([CH]1C=Cc2ccccc21)=[Si](C)C. The number of hydrogen-bond donors (Lipinski definition) is 0. The third-order valence-corrected chi connectivity index (χ3v) is 29.2. The fourth-order valence-electron chi connectivity index (χ4n) is 5.73. The molecule has 0 aliphatic heterocycles. The minimum atomic E-state index is -5.06. The zero-order chi connectivity index (χ0) is 24.4. The monoisotopic (exact) mass is 510 g/mol. The average molecular weight is 511 g/mol. The fraction of sp³-hybridized carbons (Fsp3) is 0.357. The summed E-state index contributed by atoms with van der Waals surface area (Å²) < 4.78 is 13.3. The summed E-state index contributed by atoms with van der Waals surface area (Å²) >= 11 is -5.06. The molecule has 0 amide bonds. The van der Waals surface area contributed by atoms with E-state index in [4.69, 9.17) is 6.64 Å². The number of rotatable bonds is 8. The molecular weight excluding hydrogens is 476 g/mol. The van der Waals surface area contributed by atoms with Gasteiger partial charge in [-0.25, -0.2) is 0 Å². The van der Waals surface area contributed by atoms with Crippen molar-refractivity contribution in [3.05, 3.63) is 82.9 Å². The van der Waals surface area contributed by atoms with Gasteiger partial charge in [0, 0.05) is 0 Å². The summed E-state index contributed by atoms with van der Waals surface area (Å²) in [5, 5.41) is 0. The van der Waals surface area contributed by atoms with Crippen molar-refractivity contribution in [3.63, 3.8) is 0 Å². The molecule has 0 bridgehead atoms. The second-order valence-corrected chi connectivity index (χ2v) is 26.7. The van der Waals surface area contributed by atoms with Gasteiger partial charge in [-0.15, -0.1) is 0 Å². The van der Waals surface area contributed by atoms with Crippen molar-refractivity contribution in [3.8, 4) is 0 Å². The van der Waals surface area contributed by atoms with Crippen LogP contribution in [0.2, 0.25) is 13.1 Å². The Bertz CT molecular complexity index is 1160. The van der Waals surface area contributed by atoms with Gasteiger partial charge in [0.05, 0.1) is 0 Å². The second-order valence-electron chi connectivity index (χ2n) is 9.59. The molecule has 2 aromatic rings. The summed E-state index contributed by atoms with van der Waals surface area (Å²) in [4.78, 5) is 26.9. The third-order valence-electron chi connectivity index (χ3n) is 7.32. The van der Waals surface area contributed by atoms with Crippen molar-refractivity contribution in [1.82, 2.24) is 0 Å². The Hall–Kier alpha value is -2.21. The van der Waals surface area contributed by atoms with Crippen LogP contribution in [0.5, 0.6) is 0 Å². The maximum absolute atomic E-state index is 13.4. The summed E-state index contributed by atoms with van der Waals surface area (Å²) in [6.45, 7) is 8.32. The zero-order valence-corrected chi connectivity index (χ0v) is 23.1. The molecule has 0 aromatic heterocycles. The van der Waals surface area contributed by atoms with E-state index < -0.39 is 21.0 Å². The maximum atomic E-state index is 13.4. The van der Waals surface area contributed by atoms with Crippen LogP contribution >= 0.6 is 0 Å². The second kappa shape index (κ2) is 9.81. The van der Waals surface area contributed by atoms with E-state index in [0.717, 1.165) is 22.3 Å². The molecular formula is C28H34O4SiTi. The molecule has 6 heteroatoms. The van der Waals surface area contributed by atoms with E-state index in [1.54, 1.807) is 0 Å². The van der Waals surface area contributed by atoms with Gasteiger partial charge in [0.25, 0.3) is 0 Å². The molecule has 0 spiro atoms. The van der Waals surface area contributed by atoms with Crippen LogP contribution in [-0.2, 0) is 31.0 Å². The Morgan fingerprint density at radius 1 is 0.765 bits per heavy atom. The molecule has 4 rings (SSSR count). The number of carbonyl (C=O) groups excluding carboxylic acids is 2. The van der Waals surface area contributed by atoms with Crippen LogP contribution in [0.15, 0.2) is 60.7 Å². The van der Waals surface area contributed by atoms with Crippen molar-refractivity contribution < 1.29 is 31.0 Å². The molecule has 2 aliphatic carbocycles. The number of carbonyl (C=O) groups is 2. The first-order valence-corrected chi connectivity index (χ1v) is 20.2. The number of fused-ring (bicyclic) bond motifs is 2. The van der Waals surface area contributed by atoms with E-state index in [-0.39, 0.29) is 20.4 Å². The molecule has 4 nitrogen and oxygen atoms in total. The zero-order valence-electron chi connectivity index (χ0n) is 20.5. The summed E-state index contributed by atoms with van der Waals surface area (Å²) in [6, 6.07) is 16.5. The van der Waals surface area contributed by atoms with E-state index in [2.05, 4.69) is 61.7 Å². The van der Waals surface area contributed by atoms with Crippen LogP contribution in [0.3, 0.4) is 0 Å². The Morgan fingerprint density at radius 3 is 1.56 bits per heavy atom. The third kappa shape index (κ3) is 3.88. The molecule has 0 saturated heterocycles. The molecule has 2 atom stereocenters. The van der Waals surface area contributed by atoms with Crippen LogP contribution in [-0.4, -0.2) is 18.1 Å². The van der Waals surface area contributed by atoms with E-state index in [0.29, 0.717) is 25.7 Å². The summed E-state index contributed by atoms with van der Waals surface area (Å²) in [6.07, 6.45) is 9.08. The molecule has 0 fully saturated rings. The van der Waals surface area contributed by atoms with E-state index in [9.17, 15) is 9.59 Å². The summed E-state index contributed by atoms with van der Waals surface area (Å²) in [5.74, 6) is -0.490. The molecule has 2 aliphatic rings. The van der Waals surface area contributed by atoms with Crippen molar-refractivity contribution in [2.45, 2.75) is 61.1 Å². The number of hydrogen-bond acceptors (Lipinski definition) is 4. The first-order valence-electron chi connectivity index (χ1n) is 12.3. The summed E-state index contributed by atoms with van der Waals surface area (Å²) in [7, 11) is 0. The topological polar surface area (TPSA) is 52.6 Å². The predicted octanol–water partition coefficient (Wildman–Crippen LogP) is 6.98. The molecule has 0 heterocycles. The number of benzene rings is 2. The molecule has 34 heavy (non-hydrogen) atoms. The van der Waals surface area contributed by atoms with Gasteiger partial charge < -0.3 is 0 Å². The van der Waals surface area contributed by atoms with Crippen LogP contribution < -0.4 is 0 Å². The quantitative estimate of drug-likeness (QED) is 0.360. The van der Waals surface area contributed by atoms with Crippen molar-refractivity contribution >= 4 is 30.3 Å². The Labute approximate surface area is 204 Å². The van der Waals surface area contributed by atoms with Crippen LogP contribution in [0.1, 0.15) is 70.2 Å². The van der Waals surface area contributed by atoms with Gasteiger partial charge >= 0.3 is 205 Å². The van der Waals surface area contributed by atoms with E-state index >= 15 is 0 Å². The average Bonchev–Trinajstić information content (AvgIpc) is 3.44. The summed E-state index contributed by atoms with van der Waals surface area (Å²) in [5.41, 5.74) is 4.44. The van der Waals surface area contributed by atoms with Crippen molar-refractivity contribution in [2.75, 3.05) is 0 Å². The Kier molecular flexibility index (Phi) is 7.18. The molecule has 2 aromatic carbocycles. The standard InChI is InChI=1S/2C9H7.2C4H8O2.C2H6Si.Ti/c2*1-2-5-9-7-3-6-8(9)4-1;2*1-2-3-4(5)6;1-3-2;/h2*1-7H;2*2-3H2,1H3,(H,5,6);1-2H3;/q;;;;;+2/p-2. The van der Waals surface area contributed by atoms with Gasteiger partial charge in [0.2, 0.25) is 0 Å². The van der Waals surface area contributed by atoms with Gasteiger partial charge in [-0.1, -0.05) is 0 Å². The van der Waals surface area contributed by atoms with Gasteiger partial charge in [-0.3, -0.25) is 0 Å². The Balaban J connectivity index is 2.09. The Morgan fingerprint density at radius 2 is 1.18 bits per heavy atom. The van der Waals surface area contributed by atoms with Gasteiger partial charge in [0.15, 0.2) is 0 Å². The first kappa shape index (κ1) is 24.9. The van der Waals surface area contributed by atoms with Gasteiger partial charge in [-0.05, 0) is 0 Å². The van der Waals surface area contributed by atoms with Gasteiger partial charge in [0.1, 0.15) is 0 Å². The van der Waals surface area contributed by atoms with E-state index in [1.165, 1.54) is 0 Å². The number of allylic oxidation sites excluding steroid dienone is 2. The van der Waals surface area contributed by atoms with Crippen LogP contribution in [0.4, 0.5) is 0 Å². The normalized spacial score (nSPS) is 18.4. The first-order chi connectivity index (χ1) is 16.4. The molecule has 0 saturated carbocycles. The molecule has 2 unspecified atom stereocenters. The fourth-order valence-corrected chi connectivity index (χ4v) is 25.5. The molecule has 0 N–H and O–H groups in total. The predicted molar refractivity (Wildman–Crippen MR) is 136 cm³/mol. The van der Waals surface area contributed by atoms with Crippen molar-refractivity contribution in [2.24, 2.45) is 0 Å². The van der Waals surface area contributed by atoms with E-state index in [1.807, 2.05) is 38.1 Å². The van der Waals surface area contributed by atoms with Crippen LogP contribution in [0, 0.1) is 0 Å². The molecule has 0 radical (unpaired) electrons. The van der Waals surface area contributed by atoms with Crippen molar-refractivity contribution in [1.29, 1.82) is 0 Å². The van der Waals surface area contributed by atoms with Crippen LogP contribution in [0.25, 0.3) is 12.2 Å².